The number of aromatic nitrogens is 1. The second-order valence-corrected chi connectivity index (χ2v) is 7.41. The van der Waals surface area contributed by atoms with Gasteiger partial charge in [-0.05, 0) is 68.5 Å². The summed E-state index contributed by atoms with van der Waals surface area (Å²) >= 11 is 0. The van der Waals surface area contributed by atoms with Gasteiger partial charge in [0, 0.05) is 12.1 Å². The van der Waals surface area contributed by atoms with Crippen LogP contribution < -0.4 is 16.0 Å². The highest BCUT2D eigenvalue weighted by molar-refractivity contribution is 5.93. The molecule has 1 unspecified atom stereocenters. The molecular weight excluding hydrogens is 350 g/mol. The van der Waals surface area contributed by atoms with Gasteiger partial charge in [0.15, 0.2) is 0 Å². The first-order chi connectivity index (χ1) is 13.3. The number of amidine groups is 1. The standard InChI is InChI=1S/C22H27N5O/c1-13(2)11-22(28)27-19-8-7-18-17(14(19)3)6-9-20(18)26-16-5-10-21(24-12-16)25-15(4)23/h5,7-8,10,12,20,26H,1,6,9,11H2,2-4H3,(H,27,28)(H2,23,24,25). The Balaban J connectivity index is 1.72. The van der Waals surface area contributed by atoms with E-state index in [0.29, 0.717) is 18.1 Å². The van der Waals surface area contributed by atoms with Crippen LogP contribution in [0.4, 0.5) is 17.2 Å². The van der Waals surface area contributed by atoms with Crippen molar-refractivity contribution in [2.75, 3.05) is 16.0 Å². The number of fused-ring (bicyclic) bond motifs is 1. The minimum absolute atomic E-state index is 0.0249. The van der Waals surface area contributed by atoms with Crippen molar-refractivity contribution < 1.29 is 4.79 Å². The summed E-state index contributed by atoms with van der Waals surface area (Å²) in [5, 5.41) is 16.9. The highest BCUT2D eigenvalue weighted by atomic mass is 16.1. The predicted molar refractivity (Wildman–Crippen MR) is 115 cm³/mol. The second kappa shape index (κ2) is 8.25. The van der Waals surface area contributed by atoms with E-state index in [2.05, 4.69) is 40.5 Å². The van der Waals surface area contributed by atoms with Crippen molar-refractivity contribution in [3.05, 3.63) is 59.3 Å². The summed E-state index contributed by atoms with van der Waals surface area (Å²) in [6.07, 6.45) is 4.10. The van der Waals surface area contributed by atoms with Crippen molar-refractivity contribution in [3.8, 4) is 0 Å². The maximum Gasteiger partial charge on any atom is 0.228 e. The molecule has 1 atom stereocenters. The summed E-state index contributed by atoms with van der Waals surface area (Å²) in [6, 6.07) is 8.14. The highest BCUT2D eigenvalue weighted by Gasteiger charge is 2.25. The number of amides is 1. The van der Waals surface area contributed by atoms with E-state index in [9.17, 15) is 4.79 Å². The zero-order valence-corrected chi connectivity index (χ0v) is 16.6. The fourth-order valence-electron chi connectivity index (χ4n) is 3.58. The van der Waals surface area contributed by atoms with Crippen LogP contribution in [0.1, 0.15) is 49.4 Å². The molecule has 0 bridgehead atoms. The number of hydrogen-bond donors (Lipinski definition) is 4. The molecular formula is C22H27N5O. The summed E-state index contributed by atoms with van der Waals surface area (Å²) in [4.78, 5) is 16.4. The zero-order chi connectivity index (χ0) is 20.3. The first-order valence-corrected chi connectivity index (χ1v) is 9.45. The predicted octanol–water partition coefficient (Wildman–Crippen LogP) is 4.80. The summed E-state index contributed by atoms with van der Waals surface area (Å²) in [5.41, 5.74) is 6.39. The molecule has 4 N–H and O–H groups in total. The van der Waals surface area contributed by atoms with Gasteiger partial charge in [0.2, 0.25) is 5.91 Å². The zero-order valence-electron chi connectivity index (χ0n) is 16.6. The van der Waals surface area contributed by atoms with Gasteiger partial charge in [-0.15, -0.1) is 0 Å². The minimum Gasteiger partial charge on any atom is -0.377 e. The SMILES string of the molecule is C=C(C)CC(=O)Nc1ccc2c(c1C)CCC2Nc1ccc(NC(C)=N)nc1. The molecule has 0 saturated carbocycles. The third kappa shape index (κ3) is 4.57. The maximum absolute atomic E-state index is 12.1. The fourth-order valence-corrected chi connectivity index (χ4v) is 3.58. The third-order valence-corrected chi connectivity index (χ3v) is 4.85. The largest absolute Gasteiger partial charge is 0.377 e. The van der Waals surface area contributed by atoms with Crippen molar-refractivity contribution in [1.29, 1.82) is 5.41 Å². The van der Waals surface area contributed by atoms with Crippen LogP contribution in [0.15, 0.2) is 42.6 Å². The molecule has 0 aliphatic heterocycles. The lowest BCUT2D eigenvalue weighted by Crippen LogP contribution is -2.13. The Morgan fingerprint density at radius 1 is 1.25 bits per heavy atom. The van der Waals surface area contributed by atoms with Gasteiger partial charge >= 0.3 is 0 Å². The minimum atomic E-state index is -0.0249. The fraction of sp³-hybridized carbons (Fsp3) is 0.318. The van der Waals surface area contributed by atoms with E-state index in [-0.39, 0.29) is 11.9 Å². The Morgan fingerprint density at radius 3 is 2.68 bits per heavy atom. The number of carbonyl (C=O) groups excluding carboxylic acids is 1. The smallest absolute Gasteiger partial charge is 0.228 e. The van der Waals surface area contributed by atoms with Crippen LogP contribution in [0.2, 0.25) is 0 Å². The van der Waals surface area contributed by atoms with Gasteiger partial charge in [0.25, 0.3) is 0 Å². The molecule has 1 heterocycles. The van der Waals surface area contributed by atoms with E-state index in [4.69, 9.17) is 5.41 Å². The summed E-state index contributed by atoms with van der Waals surface area (Å²) in [7, 11) is 0. The van der Waals surface area contributed by atoms with E-state index in [1.807, 2.05) is 25.1 Å². The van der Waals surface area contributed by atoms with E-state index < -0.39 is 0 Å². The van der Waals surface area contributed by atoms with Crippen LogP contribution in [-0.4, -0.2) is 16.7 Å². The van der Waals surface area contributed by atoms with Crippen molar-refractivity contribution in [2.24, 2.45) is 0 Å². The molecule has 6 heteroatoms. The normalized spacial score (nSPS) is 14.9. The summed E-state index contributed by atoms with van der Waals surface area (Å²) < 4.78 is 0. The molecule has 146 valence electrons. The highest BCUT2D eigenvalue weighted by Crippen LogP contribution is 2.38. The van der Waals surface area contributed by atoms with Crippen LogP contribution in [0.25, 0.3) is 0 Å². The lowest BCUT2D eigenvalue weighted by Gasteiger charge is -2.17. The molecule has 2 aromatic rings. The number of rotatable bonds is 6. The molecule has 1 aliphatic carbocycles. The molecule has 1 aromatic carbocycles. The Bertz CT molecular complexity index is 917. The van der Waals surface area contributed by atoms with Crippen LogP contribution in [-0.2, 0) is 11.2 Å². The molecule has 6 nitrogen and oxygen atoms in total. The third-order valence-electron chi connectivity index (χ3n) is 4.85. The Morgan fingerprint density at radius 2 is 2.04 bits per heavy atom. The number of carbonyl (C=O) groups is 1. The summed E-state index contributed by atoms with van der Waals surface area (Å²) in [5.74, 6) is 0.999. The van der Waals surface area contributed by atoms with Gasteiger partial charge in [-0.25, -0.2) is 4.98 Å². The second-order valence-electron chi connectivity index (χ2n) is 7.41. The lowest BCUT2D eigenvalue weighted by atomic mass is 10.0. The molecule has 0 spiro atoms. The van der Waals surface area contributed by atoms with Crippen LogP contribution >= 0.6 is 0 Å². The molecule has 1 aliphatic rings. The van der Waals surface area contributed by atoms with Crippen molar-refractivity contribution in [3.63, 3.8) is 0 Å². The van der Waals surface area contributed by atoms with Gasteiger partial charge in [0.1, 0.15) is 5.82 Å². The van der Waals surface area contributed by atoms with Gasteiger partial charge in [-0.3, -0.25) is 10.2 Å². The van der Waals surface area contributed by atoms with Gasteiger partial charge in [0.05, 0.1) is 23.8 Å². The van der Waals surface area contributed by atoms with E-state index in [1.54, 1.807) is 13.1 Å². The van der Waals surface area contributed by atoms with Crippen LogP contribution in [0.3, 0.4) is 0 Å². The Labute approximate surface area is 166 Å². The quantitative estimate of drug-likeness (QED) is 0.331. The van der Waals surface area contributed by atoms with E-state index in [1.165, 1.54) is 11.1 Å². The Hall–Kier alpha value is -3.15. The maximum atomic E-state index is 12.1. The van der Waals surface area contributed by atoms with Crippen molar-refractivity contribution in [2.45, 2.75) is 46.1 Å². The number of nitrogens with one attached hydrogen (secondary N) is 4. The number of benzene rings is 1. The van der Waals surface area contributed by atoms with Gasteiger partial charge in [-0.1, -0.05) is 18.2 Å². The van der Waals surface area contributed by atoms with Crippen LogP contribution in [0.5, 0.6) is 0 Å². The van der Waals surface area contributed by atoms with E-state index in [0.717, 1.165) is 35.4 Å². The van der Waals surface area contributed by atoms with E-state index >= 15 is 0 Å². The molecule has 0 saturated heterocycles. The lowest BCUT2D eigenvalue weighted by molar-refractivity contribution is -0.115. The number of nitrogens with zero attached hydrogens (tertiary/aromatic N) is 1. The number of hydrogen-bond acceptors (Lipinski definition) is 4. The number of anilines is 3. The van der Waals surface area contributed by atoms with Crippen molar-refractivity contribution >= 4 is 28.9 Å². The monoisotopic (exact) mass is 377 g/mol. The Kier molecular flexibility index (Phi) is 5.78. The van der Waals surface area contributed by atoms with Crippen LogP contribution in [0, 0.1) is 12.3 Å². The molecule has 3 rings (SSSR count). The molecule has 28 heavy (non-hydrogen) atoms. The van der Waals surface area contributed by atoms with Crippen molar-refractivity contribution in [1.82, 2.24) is 4.98 Å². The summed E-state index contributed by atoms with van der Waals surface area (Å²) in [6.45, 7) is 9.40. The van der Waals surface area contributed by atoms with Gasteiger partial charge in [-0.2, -0.15) is 0 Å². The number of pyridine rings is 1. The molecule has 1 amide bonds. The van der Waals surface area contributed by atoms with Gasteiger partial charge < -0.3 is 16.0 Å². The average molecular weight is 377 g/mol. The molecule has 1 aromatic heterocycles. The average Bonchev–Trinajstić information content (AvgIpc) is 3.01. The topological polar surface area (TPSA) is 89.9 Å². The first kappa shape index (κ1) is 19.6. The first-order valence-electron chi connectivity index (χ1n) is 9.45. The molecule has 0 radical (unpaired) electrons. The molecule has 0 fully saturated rings.